The standard InChI is InChI=1S/C72H127NO10/c1-4-7-10-13-16-19-22-24-26-28-30-32-34-35-37-39-41-44-47-50-53-56-59-65(76)71(80)73-63(64(75)58-55-52-49-46-43-21-18-15-12-9-6-3)62-81-72-70(69(79)68(78)66(61-74)82-72)83-67(77)60-57-54-51-48-45-42-40-38-36-33-31-29-27-25-23-20-17-14-11-8-5-2/h8,11,17,20,24-27,31,33,38,40,55,58,63-66,68-70,72,74-76,78-79H,4-7,9-10,12-16,18-19,21-23,28-30,32,34-37,39,41-54,56-57,59-62H2,1-3H3,(H,73,80)/b11-8-,20-17-,26-24+,27-25-,33-31-,40-38-,58-55+. The Kier molecular flexibility index (Phi) is 55.5. The summed E-state index contributed by atoms with van der Waals surface area (Å²) in [7, 11) is 0. The van der Waals surface area contributed by atoms with Gasteiger partial charge in [-0.3, -0.25) is 9.59 Å². The number of nitrogens with one attached hydrogen (secondary N) is 1. The summed E-state index contributed by atoms with van der Waals surface area (Å²) >= 11 is 0. The highest BCUT2D eigenvalue weighted by molar-refractivity contribution is 5.80. The smallest absolute Gasteiger partial charge is 0.306 e. The van der Waals surface area contributed by atoms with Gasteiger partial charge in [-0.05, 0) is 96.3 Å². The lowest BCUT2D eigenvalue weighted by molar-refractivity contribution is -0.305. The quantitative estimate of drug-likeness (QED) is 0.0195. The Hall–Kier alpha value is -3.16. The molecule has 480 valence electrons. The zero-order valence-corrected chi connectivity index (χ0v) is 53.3. The molecule has 83 heavy (non-hydrogen) atoms. The molecule has 1 aliphatic rings. The first-order valence-electron chi connectivity index (χ1n) is 34.4. The minimum atomic E-state index is -1.63. The van der Waals surface area contributed by atoms with Crippen LogP contribution < -0.4 is 5.32 Å². The molecule has 6 N–H and O–H groups in total. The number of hydrogen-bond acceptors (Lipinski definition) is 10. The molecule has 8 atom stereocenters. The van der Waals surface area contributed by atoms with Gasteiger partial charge in [0, 0.05) is 6.42 Å². The number of ether oxygens (including phenoxy) is 3. The number of esters is 1. The molecule has 1 heterocycles. The molecule has 0 aliphatic carbocycles. The minimum absolute atomic E-state index is 0.0986. The van der Waals surface area contributed by atoms with E-state index >= 15 is 0 Å². The largest absolute Gasteiger partial charge is 0.454 e. The average molecular weight is 1170 g/mol. The highest BCUT2D eigenvalue weighted by Crippen LogP contribution is 2.26. The fourth-order valence-corrected chi connectivity index (χ4v) is 10.4. The molecule has 0 bridgehead atoms. The van der Waals surface area contributed by atoms with Crippen molar-refractivity contribution < 1.29 is 49.3 Å². The van der Waals surface area contributed by atoms with Gasteiger partial charge in [-0.1, -0.05) is 279 Å². The first-order valence-corrected chi connectivity index (χ1v) is 34.4. The van der Waals surface area contributed by atoms with Crippen LogP contribution in [0.15, 0.2) is 85.1 Å². The Bertz CT molecular complexity index is 1670. The molecule has 1 rings (SSSR count). The van der Waals surface area contributed by atoms with Crippen LogP contribution >= 0.6 is 0 Å². The number of aliphatic hydroxyl groups is 5. The molecule has 0 aromatic rings. The Morgan fingerprint density at radius 2 is 0.867 bits per heavy atom. The lowest BCUT2D eigenvalue weighted by Crippen LogP contribution is -2.61. The maximum atomic E-state index is 13.5. The molecule has 11 heteroatoms. The zero-order chi connectivity index (χ0) is 60.3. The second-order valence-electron chi connectivity index (χ2n) is 23.5. The summed E-state index contributed by atoms with van der Waals surface area (Å²) in [5.41, 5.74) is 0. The Labute approximate surface area is 508 Å². The summed E-state index contributed by atoms with van der Waals surface area (Å²) in [5, 5.41) is 57.1. The van der Waals surface area contributed by atoms with E-state index in [2.05, 4.69) is 99.0 Å². The SMILES string of the molecule is CC/C=C\C/C=C\C/C=C\C/C=C\C/C=C\CCCCCCCC(=O)OC1C(OCC(NC(=O)C(O)CCCCCCCCCCCCCC/C=C/CCCCCCCC)C(O)/C=C/CCCCCCCCCCC)OC(CO)C(O)C1O. The summed E-state index contributed by atoms with van der Waals surface area (Å²) < 4.78 is 17.6. The van der Waals surface area contributed by atoms with E-state index in [0.29, 0.717) is 12.8 Å². The van der Waals surface area contributed by atoms with Crippen molar-refractivity contribution in [1.82, 2.24) is 5.32 Å². The van der Waals surface area contributed by atoms with Gasteiger partial charge in [0.25, 0.3) is 0 Å². The number of rotatable bonds is 58. The molecule has 1 saturated heterocycles. The Morgan fingerprint density at radius 3 is 1.31 bits per heavy atom. The first-order chi connectivity index (χ1) is 40.7. The molecule has 0 aromatic carbocycles. The van der Waals surface area contributed by atoms with Gasteiger partial charge in [0.15, 0.2) is 12.4 Å². The number of hydrogen-bond donors (Lipinski definition) is 6. The van der Waals surface area contributed by atoms with Crippen molar-refractivity contribution >= 4 is 11.9 Å². The number of allylic oxidation sites excluding steroid dienone is 13. The van der Waals surface area contributed by atoms with Crippen LogP contribution in [-0.4, -0.2) is 99.6 Å². The van der Waals surface area contributed by atoms with Crippen molar-refractivity contribution in [3.8, 4) is 0 Å². The van der Waals surface area contributed by atoms with Crippen molar-refractivity contribution in [3.63, 3.8) is 0 Å². The molecule has 1 fully saturated rings. The van der Waals surface area contributed by atoms with Gasteiger partial charge in [0.2, 0.25) is 5.91 Å². The topological polar surface area (TPSA) is 175 Å². The maximum absolute atomic E-state index is 13.5. The second-order valence-corrected chi connectivity index (χ2v) is 23.5. The van der Waals surface area contributed by atoms with Crippen molar-refractivity contribution in [3.05, 3.63) is 85.1 Å². The lowest BCUT2D eigenvalue weighted by Gasteiger charge is -2.41. The molecular weight excluding hydrogens is 1040 g/mol. The van der Waals surface area contributed by atoms with Crippen molar-refractivity contribution in [2.24, 2.45) is 0 Å². The predicted molar refractivity (Wildman–Crippen MR) is 347 cm³/mol. The predicted octanol–water partition coefficient (Wildman–Crippen LogP) is 17.3. The van der Waals surface area contributed by atoms with E-state index in [9.17, 15) is 35.1 Å². The zero-order valence-electron chi connectivity index (χ0n) is 53.3. The molecule has 0 spiro atoms. The van der Waals surface area contributed by atoms with E-state index < -0.39 is 67.4 Å². The number of aliphatic hydroxyl groups excluding tert-OH is 5. The Balaban J connectivity index is 2.60. The Morgan fingerprint density at radius 1 is 0.482 bits per heavy atom. The number of carbonyl (C=O) groups excluding carboxylic acids is 2. The van der Waals surface area contributed by atoms with E-state index in [1.165, 1.54) is 148 Å². The van der Waals surface area contributed by atoms with E-state index in [0.717, 1.165) is 103 Å². The third-order valence-electron chi connectivity index (χ3n) is 15.8. The summed E-state index contributed by atoms with van der Waals surface area (Å²) in [5.74, 6) is -1.21. The monoisotopic (exact) mass is 1170 g/mol. The molecule has 1 amide bonds. The minimum Gasteiger partial charge on any atom is -0.454 e. The van der Waals surface area contributed by atoms with E-state index in [-0.39, 0.29) is 19.4 Å². The normalized spacial score (nSPS) is 19.1. The molecule has 0 aromatic heterocycles. The average Bonchev–Trinajstić information content (AvgIpc) is 3.69. The highest BCUT2D eigenvalue weighted by Gasteiger charge is 2.47. The number of carbonyl (C=O) groups is 2. The van der Waals surface area contributed by atoms with Gasteiger partial charge >= 0.3 is 5.97 Å². The van der Waals surface area contributed by atoms with Gasteiger partial charge in [0.05, 0.1) is 25.4 Å². The highest BCUT2D eigenvalue weighted by atomic mass is 16.7. The third kappa shape index (κ3) is 46.7. The van der Waals surface area contributed by atoms with E-state index in [4.69, 9.17) is 14.2 Å². The number of unbranched alkanes of at least 4 members (excludes halogenated alkanes) is 32. The molecule has 8 unspecified atom stereocenters. The van der Waals surface area contributed by atoms with Crippen molar-refractivity contribution in [2.45, 2.75) is 346 Å². The molecule has 11 nitrogen and oxygen atoms in total. The van der Waals surface area contributed by atoms with Crippen LogP contribution in [0.25, 0.3) is 0 Å². The van der Waals surface area contributed by atoms with Gasteiger partial charge in [0.1, 0.15) is 24.4 Å². The maximum Gasteiger partial charge on any atom is 0.306 e. The van der Waals surface area contributed by atoms with Gasteiger partial charge in [-0.15, -0.1) is 0 Å². The fourth-order valence-electron chi connectivity index (χ4n) is 10.4. The van der Waals surface area contributed by atoms with Crippen molar-refractivity contribution in [1.29, 1.82) is 0 Å². The van der Waals surface area contributed by atoms with Crippen LogP contribution in [-0.2, 0) is 23.8 Å². The molecular formula is C72H127NO10. The van der Waals surface area contributed by atoms with Gasteiger partial charge < -0.3 is 45.1 Å². The second kappa shape index (κ2) is 59.2. The first kappa shape index (κ1) is 77.9. The van der Waals surface area contributed by atoms with E-state index in [1.54, 1.807) is 6.08 Å². The van der Waals surface area contributed by atoms with Crippen molar-refractivity contribution in [2.75, 3.05) is 13.2 Å². The summed E-state index contributed by atoms with van der Waals surface area (Å²) in [6.07, 6.45) is 67.6. The van der Waals surface area contributed by atoms with Gasteiger partial charge in [-0.2, -0.15) is 0 Å². The van der Waals surface area contributed by atoms with Crippen LogP contribution in [0.1, 0.15) is 297 Å². The van der Waals surface area contributed by atoms with Crippen LogP contribution in [0.4, 0.5) is 0 Å². The molecule has 0 saturated carbocycles. The summed E-state index contributed by atoms with van der Waals surface area (Å²) in [6.45, 7) is 5.68. The van der Waals surface area contributed by atoms with Gasteiger partial charge in [-0.25, -0.2) is 0 Å². The lowest BCUT2D eigenvalue weighted by atomic mass is 9.99. The fraction of sp³-hybridized carbons (Fsp3) is 0.778. The molecule has 1 aliphatic heterocycles. The van der Waals surface area contributed by atoms with Crippen LogP contribution in [0.5, 0.6) is 0 Å². The van der Waals surface area contributed by atoms with Crippen LogP contribution in [0, 0.1) is 0 Å². The van der Waals surface area contributed by atoms with E-state index in [1.807, 2.05) is 6.08 Å². The number of amides is 1. The summed E-state index contributed by atoms with van der Waals surface area (Å²) in [6, 6.07) is -1.03. The molecule has 0 radical (unpaired) electrons. The third-order valence-corrected chi connectivity index (χ3v) is 15.8. The van der Waals surface area contributed by atoms with Crippen LogP contribution in [0.3, 0.4) is 0 Å². The summed E-state index contributed by atoms with van der Waals surface area (Å²) in [4.78, 5) is 26.6. The van der Waals surface area contributed by atoms with Crippen LogP contribution in [0.2, 0.25) is 0 Å².